The maximum Gasteiger partial charge on any atom is 0.119 e. The fraction of sp³-hybridized carbons (Fsp3) is 0.455. The second-order valence-electron chi connectivity index (χ2n) is 2.97. The van der Waals surface area contributed by atoms with Crippen LogP contribution in [-0.2, 0) is 5.88 Å². The molecular formula is C11H15ClOS. The number of thioether (sulfide) groups is 1. The Labute approximate surface area is 94.8 Å². The molecule has 0 saturated heterocycles. The van der Waals surface area contributed by atoms with Crippen molar-refractivity contribution in [2.24, 2.45) is 0 Å². The first-order valence-corrected chi connectivity index (χ1v) is 6.56. The van der Waals surface area contributed by atoms with Gasteiger partial charge >= 0.3 is 0 Å². The Morgan fingerprint density at radius 2 is 2.00 bits per heavy atom. The lowest BCUT2D eigenvalue weighted by atomic mass is 10.2. The lowest BCUT2D eigenvalue weighted by Crippen LogP contribution is -1.98. The van der Waals surface area contributed by atoms with Crippen LogP contribution in [0.3, 0.4) is 0 Å². The summed E-state index contributed by atoms with van der Waals surface area (Å²) >= 11 is 7.53. The van der Waals surface area contributed by atoms with Gasteiger partial charge in [0.1, 0.15) is 5.75 Å². The van der Waals surface area contributed by atoms with Crippen molar-refractivity contribution in [2.45, 2.75) is 12.3 Å². The monoisotopic (exact) mass is 230 g/mol. The van der Waals surface area contributed by atoms with Gasteiger partial charge in [0.2, 0.25) is 0 Å². The summed E-state index contributed by atoms with van der Waals surface area (Å²) in [5, 5.41) is 0. The minimum absolute atomic E-state index is 0.562. The minimum Gasteiger partial charge on any atom is -0.494 e. The Kier molecular flexibility index (Phi) is 5.88. The van der Waals surface area contributed by atoms with Crippen molar-refractivity contribution >= 4 is 23.4 Å². The third-order valence-electron chi connectivity index (χ3n) is 1.84. The van der Waals surface area contributed by atoms with Crippen molar-refractivity contribution in [3.05, 3.63) is 29.8 Å². The number of alkyl halides is 1. The summed E-state index contributed by atoms with van der Waals surface area (Å²) in [7, 11) is 0. The first-order chi connectivity index (χ1) is 6.86. The Morgan fingerprint density at radius 1 is 1.29 bits per heavy atom. The molecule has 14 heavy (non-hydrogen) atoms. The van der Waals surface area contributed by atoms with Crippen LogP contribution in [-0.4, -0.2) is 18.6 Å². The quantitative estimate of drug-likeness (QED) is 0.546. The topological polar surface area (TPSA) is 9.23 Å². The Morgan fingerprint density at radius 3 is 2.57 bits per heavy atom. The predicted molar refractivity (Wildman–Crippen MR) is 64.5 cm³/mol. The Hall–Kier alpha value is -0.340. The average Bonchev–Trinajstić information content (AvgIpc) is 2.25. The molecule has 0 aliphatic rings. The van der Waals surface area contributed by atoms with Crippen LogP contribution in [0.15, 0.2) is 24.3 Å². The number of rotatable bonds is 6. The van der Waals surface area contributed by atoms with Gasteiger partial charge in [-0.05, 0) is 36.1 Å². The van der Waals surface area contributed by atoms with Crippen molar-refractivity contribution in [1.29, 1.82) is 0 Å². The number of benzene rings is 1. The average molecular weight is 231 g/mol. The predicted octanol–water partition coefficient (Wildman–Crippen LogP) is 3.56. The number of hydrogen-bond acceptors (Lipinski definition) is 2. The van der Waals surface area contributed by atoms with Crippen molar-refractivity contribution < 1.29 is 4.74 Å². The summed E-state index contributed by atoms with van der Waals surface area (Å²) < 4.78 is 5.55. The Bertz CT molecular complexity index is 248. The molecule has 78 valence electrons. The normalized spacial score (nSPS) is 10.1. The lowest BCUT2D eigenvalue weighted by molar-refractivity contribution is 0.318. The largest absolute Gasteiger partial charge is 0.494 e. The zero-order valence-corrected chi connectivity index (χ0v) is 9.90. The molecule has 0 N–H and O–H groups in total. The second-order valence-corrected chi connectivity index (χ2v) is 4.23. The summed E-state index contributed by atoms with van der Waals surface area (Å²) in [4.78, 5) is 0. The van der Waals surface area contributed by atoms with E-state index in [1.165, 1.54) is 0 Å². The molecule has 0 saturated carbocycles. The van der Waals surface area contributed by atoms with Gasteiger partial charge in [-0.1, -0.05) is 12.1 Å². The number of halogens is 1. The van der Waals surface area contributed by atoms with Crippen molar-refractivity contribution in [3.8, 4) is 5.75 Å². The van der Waals surface area contributed by atoms with Gasteiger partial charge in [-0.15, -0.1) is 11.6 Å². The molecule has 0 atom stereocenters. The SMILES string of the molecule is CSCCCOc1ccc(CCl)cc1. The molecule has 3 heteroatoms. The molecule has 0 unspecified atom stereocenters. The molecule has 1 rings (SSSR count). The molecule has 0 aliphatic carbocycles. The van der Waals surface area contributed by atoms with Gasteiger partial charge in [0.15, 0.2) is 0 Å². The van der Waals surface area contributed by atoms with E-state index in [9.17, 15) is 0 Å². The van der Waals surface area contributed by atoms with Crippen LogP contribution in [0.5, 0.6) is 5.75 Å². The van der Waals surface area contributed by atoms with E-state index >= 15 is 0 Å². The zero-order valence-electron chi connectivity index (χ0n) is 8.33. The number of hydrogen-bond donors (Lipinski definition) is 0. The van der Waals surface area contributed by atoms with Crippen LogP contribution in [0.25, 0.3) is 0 Å². The third-order valence-corrected chi connectivity index (χ3v) is 2.84. The lowest BCUT2D eigenvalue weighted by Gasteiger charge is -2.05. The van der Waals surface area contributed by atoms with E-state index in [0.29, 0.717) is 5.88 Å². The highest BCUT2D eigenvalue weighted by atomic mass is 35.5. The molecule has 0 bridgehead atoms. The molecule has 0 fully saturated rings. The maximum atomic E-state index is 5.68. The van der Waals surface area contributed by atoms with Crippen LogP contribution in [0.2, 0.25) is 0 Å². The fourth-order valence-corrected chi connectivity index (χ4v) is 1.65. The number of ether oxygens (including phenoxy) is 1. The van der Waals surface area contributed by atoms with Crippen LogP contribution < -0.4 is 4.74 Å². The summed E-state index contributed by atoms with van der Waals surface area (Å²) in [5.41, 5.74) is 1.13. The van der Waals surface area contributed by atoms with Crippen LogP contribution in [0.4, 0.5) is 0 Å². The Balaban J connectivity index is 2.29. The molecule has 0 aliphatic heterocycles. The highest BCUT2D eigenvalue weighted by Crippen LogP contribution is 2.13. The standard InChI is InChI=1S/C11H15ClOS/c1-14-8-2-7-13-11-5-3-10(9-12)4-6-11/h3-6H,2,7-9H2,1H3. The van der Waals surface area contributed by atoms with Gasteiger partial charge in [-0.25, -0.2) is 0 Å². The van der Waals surface area contributed by atoms with Crippen LogP contribution >= 0.6 is 23.4 Å². The first-order valence-electron chi connectivity index (χ1n) is 4.63. The summed E-state index contributed by atoms with van der Waals surface area (Å²) in [6.45, 7) is 0.793. The highest BCUT2D eigenvalue weighted by molar-refractivity contribution is 7.98. The van der Waals surface area contributed by atoms with E-state index in [1.54, 1.807) is 0 Å². The second kappa shape index (κ2) is 7.02. The molecule has 0 spiro atoms. The molecule has 0 heterocycles. The van der Waals surface area contributed by atoms with E-state index in [0.717, 1.165) is 30.1 Å². The molecule has 0 aromatic heterocycles. The van der Waals surface area contributed by atoms with Crippen molar-refractivity contribution in [2.75, 3.05) is 18.6 Å². The van der Waals surface area contributed by atoms with Gasteiger partial charge in [0, 0.05) is 5.88 Å². The van der Waals surface area contributed by atoms with Gasteiger partial charge in [0.05, 0.1) is 6.61 Å². The molecule has 0 radical (unpaired) electrons. The van der Waals surface area contributed by atoms with E-state index in [-0.39, 0.29) is 0 Å². The van der Waals surface area contributed by atoms with Gasteiger partial charge < -0.3 is 4.74 Å². The molecule has 1 nitrogen and oxygen atoms in total. The minimum atomic E-state index is 0.562. The molecule has 1 aromatic carbocycles. The summed E-state index contributed by atoms with van der Waals surface area (Å²) in [6, 6.07) is 7.93. The van der Waals surface area contributed by atoms with E-state index in [1.807, 2.05) is 36.0 Å². The summed E-state index contributed by atoms with van der Waals surface area (Å²) in [5.74, 6) is 2.65. The smallest absolute Gasteiger partial charge is 0.119 e. The van der Waals surface area contributed by atoms with Crippen molar-refractivity contribution in [3.63, 3.8) is 0 Å². The molecule has 1 aromatic rings. The molecule has 0 amide bonds. The van der Waals surface area contributed by atoms with E-state index < -0.39 is 0 Å². The third kappa shape index (κ3) is 4.25. The van der Waals surface area contributed by atoms with Gasteiger partial charge in [-0.3, -0.25) is 0 Å². The van der Waals surface area contributed by atoms with Gasteiger partial charge in [0.25, 0.3) is 0 Å². The zero-order chi connectivity index (χ0) is 10.2. The maximum absolute atomic E-state index is 5.68. The fourth-order valence-electron chi connectivity index (χ4n) is 1.07. The summed E-state index contributed by atoms with van der Waals surface area (Å²) in [6.07, 6.45) is 3.20. The van der Waals surface area contributed by atoms with Crippen LogP contribution in [0, 0.1) is 0 Å². The molecular weight excluding hydrogens is 216 g/mol. The van der Waals surface area contributed by atoms with Crippen LogP contribution in [0.1, 0.15) is 12.0 Å². The van der Waals surface area contributed by atoms with Gasteiger partial charge in [-0.2, -0.15) is 11.8 Å². The highest BCUT2D eigenvalue weighted by Gasteiger charge is 1.94. The van der Waals surface area contributed by atoms with E-state index in [4.69, 9.17) is 16.3 Å². The van der Waals surface area contributed by atoms with Crippen molar-refractivity contribution in [1.82, 2.24) is 0 Å². The first kappa shape index (κ1) is 11.7. The van der Waals surface area contributed by atoms with E-state index in [2.05, 4.69) is 6.26 Å².